The van der Waals surface area contributed by atoms with Crippen LogP contribution >= 0.6 is 11.6 Å². The van der Waals surface area contributed by atoms with Crippen molar-refractivity contribution in [2.24, 2.45) is 0 Å². The van der Waals surface area contributed by atoms with Crippen LogP contribution in [0, 0.1) is 11.8 Å². The Balaban J connectivity index is 1.99. The zero-order chi connectivity index (χ0) is 13.5. The van der Waals surface area contributed by atoms with Crippen LogP contribution in [0.1, 0.15) is 25.3 Å². The van der Waals surface area contributed by atoms with Gasteiger partial charge in [-0.05, 0) is 24.6 Å². The molecular weight excluding hydrogens is 262 g/mol. The fraction of sp³-hybridized carbons (Fsp3) is 0.467. The Hall–Kier alpha value is -1.37. The number of fused-ring (bicyclic) bond motifs is 1. The van der Waals surface area contributed by atoms with Gasteiger partial charge in [-0.15, -0.1) is 11.8 Å². The third-order valence-corrected chi connectivity index (χ3v) is 3.08. The van der Waals surface area contributed by atoms with E-state index in [0.717, 1.165) is 37.2 Å². The van der Waals surface area contributed by atoms with Crippen LogP contribution in [0.3, 0.4) is 0 Å². The van der Waals surface area contributed by atoms with Crippen LogP contribution in [-0.2, 0) is 6.54 Å². The monoisotopic (exact) mass is 279 g/mol. The lowest BCUT2D eigenvalue weighted by Gasteiger charge is -2.11. The summed E-state index contributed by atoms with van der Waals surface area (Å²) >= 11 is 6.23. The van der Waals surface area contributed by atoms with Crippen LogP contribution in [0.4, 0.5) is 0 Å². The Labute approximate surface area is 119 Å². The molecule has 1 aliphatic rings. The summed E-state index contributed by atoms with van der Waals surface area (Å²) in [5, 5.41) is 3.94. The van der Waals surface area contributed by atoms with Crippen LogP contribution in [0.5, 0.6) is 11.5 Å². The van der Waals surface area contributed by atoms with Gasteiger partial charge in [0.15, 0.2) is 11.5 Å². The molecule has 19 heavy (non-hydrogen) atoms. The molecule has 0 radical (unpaired) electrons. The van der Waals surface area contributed by atoms with Crippen molar-refractivity contribution in [2.75, 3.05) is 19.8 Å². The zero-order valence-electron chi connectivity index (χ0n) is 11.1. The maximum atomic E-state index is 6.23. The molecule has 2 rings (SSSR count). The second kappa shape index (κ2) is 7.28. The Morgan fingerprint density at radius 2 is 2.16 bits per heavy atom. The molecule has 1 aromatic rings. The number of halogens is 1. The van der Waals surface area contributed by atoms with Crippen LogP contribution in [0.2, 0.25) is 5.02 Å². The molecule has 1 heterocycles. The number of benzene rings is 1. The molecule has 0 unspecified atom stereocenters. The van der Waals surface area contributed by atoms with Gasteiger partial charge in [0.2, 0.25) is 0 Å². The van der Waals surface area contributed by atoms with Crippen molar-refractivity contribution >= 4 is 11.6 Å². The minimum atomic E-state index is 0.615. The molecular formula is C15H18ClNO2. The fourth-order valence-corrected chi connectivity index (χ4v) is 2.18. The van der Waals surface area contributed by atoms with Crippen LogP contribution in [0.15, 0.2) is 12.1 Å². The Morgan fingerprint density at radius 1 is 1.32 bits per heavy atom. The molecule has 1 aromatic carbocycles. The summed E-state index contributed by atoms with van der Waals surface area (Å²) in [4.78, 5) is 0. The highest BCUT2D eigenvalue weighted by molar-refractivity contribution is 6.32. The van der Waals surface area contributed by atoms with Gasteiger partial charge in [-0.3, -0.25) is 0 Å². The number of nitrogens with one attached hydrogen (secondary N) is 1. The summed E-state index contributed by atoms with van der Waals surface area (Å²) < 4.78 is 11.3. The van der Waals surface area contributed by atoms with Crippen molar-refractivity contribution in [3.05, 3.63) is 22.7 Å². The highest BCUT2D eigenvalue weighted by Crippen LogP contribution is 2.37. The van der Waals surface area contributed by atoms with Gasteiger partial charge in [-0.25, -0.2) is 0 Å². The maximum absolute atomic E-state index is 6.23. The highest BCUT2D eigenvalue weighted by Gasteiger charge is 2.15. The van der Waals surface area contributed by atoms with E-state index in [2.05, 4.69) is 17.2 Å². The van der Waals surface area contributed by atoms with E-state index in [4.69, 9.17) is 21.1 Å². The molecule has 4 heteroatoms. The van der Waals surface area contributed by atoms with Crippen molar-refractivity contribution in [1.29, 1.82) is 0 Å². The van der Waals surface area contributed by atoms with Gasteiger partial charge in [-0.1, -0.05) is 11.6 Å². The lowest BCUT2D eigenvalue weighted by atomic mass is 10.2. The average molecular weight is 280 g/mol. The summed E-state index contributed by atoms with van der Waals surface area (Å²) in [6.07, 6.45) is 1.74. The largest absolute Gasteiger partial charge is 0.489 e. The molecule has 1 N–H and O–H groups in total. The molecule has 102 valence electrons. The molecule has 0 amide bonds. The van der Waals surface area contributed by atoms with Gasteiger partial charge in [0.1, 0.15) is 0 Å². The van der Waals surface area contributed by atoms with E-state index in [1.54, 1.807) is 0 Å². The minimum absolute atomic E-state index is 0.615. The summed E-state index contributed by atoms with van der Waals surface area (Å²) in [5.74, 6) is 7.31. The lowest BCUT2D eigenvalue weighted by Crippen LogP contribution is -2.14. The van der Waals surface area contributed by atoms with Crippen LogP contribution in [-0.4, -0.2) is 19.8 Å². The molecule has 3 nitrogen and oxygen atoms in total. The molecule has 0 bridgehead atoms. The van der Waals surface area contributed by atoms with Crippen LogP contribution in [0.25, 0.3) is 0 Å². The Bertz CT molecular complexity index is 491. The summed E-state index contributed by atoms with van der Waals surface area (Å²) in [7, 11) is 0. The van der Waals surface area contributed by atoms with E-state index in [9.17, 15) is 0 Å². The van der Waals surface area contributed by atoms with Crippen molar-refractivity contribution < 1.29 is 9.47 Å². The number of ether oxygens (including phenoxy) is 2. The molecule has 1 aliphatic heterocycles. The zero-order valence-corrected chi connectivity index (χ0v) is 11.8. The predicted molar refractivity (Wildman–Crippen MR) is 76.8 cm³/mol. The van der Waals surface area contributed by atoms with Gasteiger partial charge in [0.25, 0.3) is 0 Å². The first-order valence-electron chi connectivity index (χ1n) is 6.49. The highest BCUT2D eigenvalue weighted by atomic mass is 35.5. The molecule has 0 atom stereocenters. The second-order valence-electron chi connectivity index (χ2n) is 4.31. The average Bonchev–Trinajstić information content (AvgIpc) is 2.64. The lowest BCUT2D eigenvalue weighted by molar-refractivity contribution is 0.297. The first-order chi connectivity index (χ1) is 9.31. The van der Waals surface area contributed by atoms with E-state index in [0.29, 0.717) is 24.0 Å². The van der Waals surface area contributed by atoms with Gasteiger partial charge >= 0.3 is 0 Å². The smallest absolute Gasteiger partial charge is 0.179 e. The van der Waals surface area contributed by atoms with E-state index in [-0.39, 0.29) is 0 Å². The molecule has 0 saturated heterocycles. The molecule has 0 spiro atoms. The SMILES string of the molecule is CC#CCCNCc1cc(Cl)c2c(c1)OCCCO2. The standard InChI is InChI=1S/C15H18ClNO2/c1-2-3-4-6-17-11-12-9-13(16)15-14(10-12)18-7-5-8-19-15/h9-10,17H,4-8,11H2,1H3. The minimum Gasteiger partial charge on any atom is -0.489 e. The Morgan fingerprint density at radius 3 is 3.00 bits per heavy atom. The summed E-state index contributed by atoms with van der Waals surface area (Å²) in [6.45, 7) is 4.80. The van der Waals surface area contributed by atoms with E-state index < -0.39 is 0 Å². The number of hydrogen-bond donors (Lipinski definition) is 1. The van der Waals surface area contributed by atoms with Gasteiger partial charge in [0.05, 0.1) is 18.2 Å². The van der Waals surface area contributed by atoms with Crippen molar-refractivity contribution in [3.8, 4) is 23.3 Å². The van der Waals surface area contributed by atoms with Crippen molar-refractivity contribution in [2.45, 2.75) is 26.3 Å². The molecule has 0 aromatic heterocycles. The van der Waals surface area contributed by atoms with Gasteiger partial charge < -0.3 is 14.8 Å². The fourth-order valence-electron chi connectivity index (χ4n) is 1.89. The first kappa shape index (κ1) is 14.0. The second-order valence-corrected chi connectivity index (χ2v) is 4.72. The third-order valence-electron chi connectivity index (χ3n) is 2.79. The maximum Gasteiger partial charge on any atom is 0.179 e. The normalized spacial score (nSPS) is 13.4. The summed E-state index contributed by atoms with van der Waals surface area (Å²) in [5.41, 5.74) is 1.10. The summed E-state index contributed by atoms with van der Waals surface area (Å²) in [6, 6.07) is 3.92. The topological polar surface area (TPSA) is 30.5 Å². The van der Waals surface area contributed by atoms with E-state index in [1.807, 2.05) is 19.1 Å². The van der Waals surface area contributed by atoms with Gasteiger partial charge in [0, 0.05) is 25.9 Å². The Kier molecular flexibility index (Phi) is 5.38. The number of hydrogen-bond acceptors (Lipinski definition) is 3. The van der Waals surface area contributed by atoms with E-state index in [1.165, 1.54) is 0 Å². The first-order valence-corrected chi connectivity index (χ1v) is 6.87. The molecule has 0 aliphatic carbocycles. The van der Waals surface area contributed by atoms with Gasteiger partial charge in [-0.2, -0.15) is 0 Å². The predicted octanol–water partition coefficient (Wildman–Crippen LogP) is 3.00. The molecule has 0 fully saturated rings. The van der Waals surface area contributed by atoms with Crippen LogP contribution < -0.4 is 14.8 Å². The van der Waals surface area contributed by atoms with E-state index >= 15 is 0 Å². The quantitative estimate of drug-likeness (QED) is 0.679. The van der Waals surface area contributed by atoms with Crippen molar-refractivity contribution in [3.63, 3.8) is 0 Å². The third kappa shape index (κ3) is 4.05. The van der Waals surface area contributed by atoms with Crippen molar-refractivity contribution in [1.82, 2.24) is 5.32 Å². The number of rotatable bonds is 4. The molecule has 0 saturated carbocycles.